The number of benzene rings is 1. The molecule has 0 aliphatic heterocycles. The highest BCUT2D eigenvalue weighted by molar-refractivity contribution is 7.92. The van der Waals surface area contributed by atoms with Crippen molar-refractivity contribution in [1.29, 1.82) is 0 Å². The smallest absolute Gasteiger partial charge is 0.251 e. The minimum Gasteiger partial charge on any atom is -0.383 e. The first-order valence-corrected chi connectivity index (χ1v) is 15.7. The molecular weight excluding hydrogens is 546 g/mol. The first kappa shape index (κ1) is 32.7. The number of carbonyl (C=O) groups is 1. The van der Waals surface area contributed by atoms with Crippen molar-refractivity contribution >= 4 is 27.6 Å². The summed E-state index contributed by atoms with van der Waals surface area (Å²) in [4.78, 5) is 20.6. The van der Waals surface area contributed by atoms with E-state index in [0.717, 1.165) is 24.8 Å². The third-order valence-electron chi connectivity index (χ3n) is 7.33. The Kier molecular flexibility index (Phi) is 12.3. The number of carbonyl (C=O) groups excluding carboxylic acids is 1. The third-order valence-corrected chi connectivity index (χ3v) is 8.50. The molecule has 1 aromatic carbocycles. The molecule has 0 bridgehead atoms. The lowest BCUT2D eigenvalue weighted by atomic mass is 9.99. The van der Waals surface area contributed by atoms with Crippen LogP contribution in [0.5, 0.6) is 0 Å². The van der Waals surface area contributed by atoms with Crippen molar-refractivity contribution in [2.75, 3.05) is 76.2 Å². The van der Waals surface area contributed by atoms with Crippen molar-refractivity contribution in [3.8, 4) is 0 Å². The van der Waals surface area contributed by atoms with Gasteiger partial charge in [0.2, 0.25) is 10.0 Å². The molecule has 41 heavy (non-hydrogen) atoms. The number of anilines is 2. The van der Waals surface area contributed by atoms with E-state index < -0.39 is 22.1 Å². The van der Waals surface area contributed by atoms with Gasteiger partial charge in [-0.3, -0.25) is 9.10 Å². The second-order valence-electron chi connectivity index (χ2n) is 10.7. The Morgan fingerprint density at radius 1 is 1.07 bits per heavy atom. The summed E-state index contributed by atoms with van der Waals surface area (Å²) in [6, 6.07) is 12.1. The van der Waals surface area contributed by atoms with E-state index in [0.29, 0.717) is 37.2 Å². The lowest BCUT2D eigenvalue weighted by molar-refractivity contribution is 0.0913. The maximum Gasteiger partial charge on any atom is 0.251 e. The van der Waals surface area contributed by atoms with Gasteiger partial charge in [-0.2, -0.15) is 0 Å². The monoisotopic (exact) mass is 591 g/mol. The molecule has 1 fully saturated rings. The summed E-state index contributed by atoms with van der Waals surface area (Å²) < 4.78 is 42.6. The van der Waals surface area contributed by atoms with Crippen molar-refractivity contribution in [2.45, 2.75) is 31.8 Å². The lowest BCUT2D eigenvalue weighted by Gasteiger charge is -2.28. The molecule has 11 nitrogen and oxygen atoms in total. The Labute approximate surface area is 244 Å². The maximum atomic E-state index is 13.8. The standard InChI is InChI=1S/C29H45N5O6S/c1-21-15-24(21)19-33(11-13-38-2)27-17-23(18-28(32-27)34(12-14-39-3)41(5,36)37)29(35)31-26(25(30)20-40-4)16-22-9-7-6-8-10-22/h6-10,17-18,21,24-26H,11-16,19-20,30H2,1-5H3,(H,31,35)/t21?,24?,25?,26-/m0/s1. The van der Waals surface area contributed by atoms with Crippen molar-refractivity contribution in [3.05, 3.63) is 53.6 Å². The topological polar surface area (TPSA) is 136 Å². The van der Waals surface area contributed by atoms with Crippen LogP contribution in [-0.4, -0.2) is 98.4 Å². The van der Waals surface area contributed by atoms with Gasteiger partial charge in [0, 0.05) is 46.0 Å². The molecule has 1 saturated carbocycles. The van der Waals surface area contributed by atoms with Crippen molar-refractivity contribution < 1.29 is 27.4 Å². The van der Waals surface area contributed by atoms with Gasteiger partial charge in [0.1, 0.15) is 11.6 Å². The molecule has 1 heterocycles. The summed E-state index contributed by atoms with van der Waals surface area (Å²) in [5.41, 5.74) is 7.73. The molecule has 1 aromatic heterocycles. The molecule has 1 amide bonds. The molecule has 3 rings (SSSR count). The molecule has 0 radical (unpaired) electrons. The third kappa shape index (κ3) is 9.93. The summed E-state index contributed by atoms with van der Waals surface area (Å²) in [6.07, 6.45) is 2.73. The number of rotatable bonds is 18. The Balaban J connectivity index is 2.02. The summed E-state index contributed by atoms with van der Waals surface area (Å²) in [7, 11) is 0.985. The summed E-state index contributed by atoms with van der Waals surface area (Å²) in [5, 5.41) is 3.08. The van der Waals surface area contributed by atoms with Gasteiger partial charge in [0.05, 0.1) is 38.7 Å². The normalized spacial score (nSPS) is 18.0. The first-order valence-electron chi connectivity index (χ1n) is 13.9. The van der Waals surface area contributed by atoms with Crippen LogP contribution in [0.25, 0.3) is 0 Å². The largest absolute Gasteiger partial charge is 0.383 e. The highest BCUT2D eigenvalue weighted by Crippen LogP contribution is 2.39. The average Bonchev–Trinajstić information content (AvgIpc) is 3.64. The van der Waals surface area contributed by atoms with Crippen LogP contribution in [-0.2, 0) is 30.7 Å². The summed E-state index contributed by atoms with van der Waals surface area (Å²) in [6.45, 7) is 4.41. The molecule has 3 N–H and O–H groups in total. The highest BCUT2D eigenvalue weighted by Gasteiger charge is 2.35. The number of aromatic nitrogens is 1. The number of ether oxygens (including phenoxy) is 3. The molecule has 1 aliphatic rings. The quantitative estimate of drug-likeness (QED) is 0.266. The molecule has 228 valence electrons. The van der Waals surface area contributed by atoms with Crippen LogP contribution in [0.1, 0.15) is 29.3 Å². The van der Waals surface area contributed by atoms with Crippen molar-refractivity contribution in [3.63, 3.8) is 0 Å². The number of pyridine rings is 1. The second kappa shape index (κ2) is 15.5. The Hall–Kier alpha value is -2.77. The number of sulfonamides is 1. The molecule has 0 spiro atoms. The molecule has 2 aromatic rings. The van der Waals surface area contributed by atoms with Crippen molar-refractivity contribution in [2.24, 2.45) is 17.6 Å². The zero-order valence-corrected chi connectivity index (χ0v) is 25.6. The summed E-state index contributed by atoms with van der Waals surface area (Å²) in [5.74, 6) is 1.38. The van der Waals surface area contributed by atoms with Crippen LogP contribution in [0, 0.1) is 11.8 Å². The number of nitrogens with two attached hydrogens (primary N) is 1. The zero-order chi connectivity index (χ0) is 30.0. The highest BCUT2D eigenvalue weighted by atomic mass is 32.2. The number of hydrogen-bond acceptors (Lipinski definition) is 9. The van der Waals surface area contributed by atoms with E-state index in [9.17, 15) is 13.2 Å². The van der Waals surface area contributed by atoms with Crippen LogP contribution >= 0.6 is 0 Å². The molecule has 0 saturated heterocycles. The minimum atomic E-state index is -3.72. The molecule has 1 aliphatic carbocycles. The fraction of sp³-hybridized carbons (Fsp3) is 0.586. The van der Waals surface area contributed by atoms with E-state index >= 15 is 0 Å². The minimum absolute atomic E-state index is 0.0555. The number of nitrogens with zero attached hydrogens (tertiary/aromatic N) is 3. The van der Waals surface area contributed by atoms with Crippen LogP contribution in [0.4, 0.5) is 11.6 Å². The van der Waals surface area contributed by atoms with Gasteiger partial charge in [-0.25, -0.2) is 13.4 Å². The van der Waals surface area contributed by atoms with Gasteiger partial charge < -0.3 is 30.2 Å². The SMILES string of the molecule is COCCN(CC1CC1C)c1cc(C(=O)N[C@@H](Cc2ccccc2)C(N)COC)cc(N(CCOC)S(C)(=O)=O)n1. The molecular formula is C29H45N5O6S. The van der Waals surface area contributed by atoms with Gasteiger partial charge in [0.25, 0.3) is 5.91 Å². The number of methoxy groups -OCH3 is 3. The van der Waals surface area contributed by atoms with E-state index in [4.69, 9.17) is 24.9 Å². The van der Waals surface area contributed by atoms with E-state index in [2.05, 4.69) is 17.1 Å². The van der Waals surface area contributed by atoms with Crippen LogP contribution in [0.3, 0.4) is 0 Å². The van der Waals surface area contributed by atoms with Gasteiger partial charge in [-0.05, 0) is 42.4 Å². The van der Waals surface area contributed by atoms with Crippen molar-refractivity contribution in [1.82, 2.24) is 10.3 Å². The number of hydrogen-bond donors (Lipinski definition) is 2. The Morgan fingerprint density at radius 3 is 2.29 bits per heavy atom. The van der Waals surface area contributed by atoms with Crippen LogP contribution in [0.2, 0.25) is 0 Å². The van der Waals surface area contributed by atoms with Crippen LogP contribution in [0.15, 0.2) is 42.5 Å². The Morgan fingerprint density at radius 2 is 1.71 bits per heavy atom. The molecule has 3 unspecified atom stereocenters. The molecule has 12 heteroatoms. The van der Waals surface area contributed by atoms with Gasteiger partial charge >= 0.3 is 0 Å². The van der Waals surface area contributed by atoms with Gasteiger partial charge in [0.15, 0.2) is 0 Å². The number of nitrogens with one attached hydrogen (secondary N) is 1. The van der Waals surface area contributed by atoms with Crippen LogP contribution < -0.4 is 20.3 Å². The predicted molar refractivity (Wildman–Crippen MR) is 161 cm³/mol. The fourth-order valence-corrected chi connectivity index (χ4v) is 5.56. The predicted octanol–water partition coefficient (Wildman–Crippen LogP) is 1.92. The average molecular weight is 592 g/mol. The van der Waals surface area contributed by atoms with Gasteiger partial charge in [-0.1, -0.05) is 37.3 Å². The number of amides is 1. The van der Waals surface area contributed by atoms with E-state index in [-0.39, 0.29) is 37.0 Å². The van der Waals surface area contributed by atoms with Gasteiger partial charge in [-0.15, -0.1) is 0 Å². The second-order valence-corrected chi connectivity index (χ2v) is 12.6. The first-order chi connectivity index (χ1) is 19.6. The fourth-order valence-electron chi connectivity index (χ4n) is 4.72. The van der Waals surface area contributed by atoms with E-state index in [1.54, 1.807) is 20.3 Å². The zero-order valence-electron chi connectivity index (χ0n) is 24.8. The molecule has 4 atom stereocenters. The lowest BCUT2D eigenvalue weighted by Crippen LogP contribution is -2.51. The Bertz CT molecular complexity index is 1220. The summed E-state index contributed by atoms with van der Waals surface area (Å²) >= 11 is 0. The maximum absolute atomic E-state index is 13.8. The van der Waals surface area contributed by atoms with E-state index in [1.165, 1.54) is 17.5 Å². The van der Waals surface area contributed by atoms with E-state index in [1.807, 2.05) is 30.3 Å².